The molecule has 1 aliphatic carbocycles. The molecule has 11 heavy (non-hydrogen) atoms. The Hall–Kier alpha value is -0.220. The van der Waals surface area contributed by atoms with Gasteiger partial charge in [0.25, 0.3) is 0 Å². The number of hydrogen-bond acceptors (Lipinski definition) is 3. The van der Waals surface area contributed by atoms with Gasteiger partial charge in [-0.1, -0.05) is 0 Å². The zero-order chi connectivity index (χ0) is 7.90. The second-order valence-electron chi connectivity index (χ2n) is 3.30. The fourth-order valence-corrected chi connectivity index (χ4v) is 2.22. The molecular formula is C7H11NO2S. The van der Waals surface area contributed by atoms with Crippen molar-refractivity contribution >= 4 is 17.7 Å². The van der Waals surface area contributed by atoms with Crippen LogP contribution < -0.4 is 5.32 Å². The molecule has 0 radical (unpaired) electrons. The molecular weight excluding hydrogens is 162 g/mol. The third kappa shape index (κ3) is 1.25. The summed E-state index contributed by atoms with van der Waals surface area (Å²) in [6, 6.07) is 0.493. The van der Waals surface area contributed by atoms with Gasteiger partial charge in [0.15, 0.2) is 0 Å². The Bertz CT molecular complexity index is 187. The van der Waals surface area contributed by atoms with Crippen LogP contribution in [0.3, 0.4) is 0 Å². The zero-order valence-electron chi connectivity index (χ0n) is 6.17. The van der Waals surface area contributed by atoms with Crippen molar-refractivity contribution in [2.75, 3.05) is 11.5 Å². The average molecular weight is 173 g/mol. The molecule has 0 unspecified atom stereocenters. The molecule has 0 spiro atoms. The number of aliphatic carboxylic acids is 1. The van der Waals surface area contributed by atoms with Crippen molar-refractivity contribution in [1.82, 2.24) is 5.32 Å². The van der Waals surface area contributed by atoms with Gasteiger partial charge in [0, 0.05) is 17.5 Å². The minimum absolute atomic E-state index is 0.493. The van der Waals surface area contributed by atoms with Gasteiger partial charge >= 0.3 is 5.97 Å². The average Bonchev–Trinajstić information content (AvgIpc) is 2.60. The largest absolute Gasteiger partial charge is 0.480 e. The highest BCUT2D eigenvalue weighted by atomic mass is 32.2. The number of carboxylic acid groups (broad SMARTS) is 1. The van der Waals surface area contributed by atoms with E-state index in [0.717, 1.165) is 24.3 Å². The Morgan fingerprint density at radius 3 is 2.45 bits per heavy atom. The minimum atomic E-state index is -0.678. The first-order chi connectivity index (χ1) is 5.23. The van der Waals surface area contributed by atoms with Crippen molar-refractivity contribution in [2.45, 2.75) is 24.4 Å². The van der Waals surface area contributed by atoms with Gasteiger partial charge in [-0.15, -0.1) is 0 Å². The second-order valence-corrected chi connectivity index (χ2v) is 4.28. The Morgan fingerprint density at radius 1 is 1.55 bits per heavy atom. The molecule has 2 aliphatic rings. The third-order valence-electron chi connectivity index (χ3n) is 2.16. The van der Waals surface area contributed by atoms with Crippen LogP contribution in [0.25, 0.3) is 0 Å². The molecule has 62 valence electrons. The van der Waals surface area contributed by atoms with Crippen LogP contribution in [0.2, 0.25) is 0 Å². The van der Waals surface area contributed by atoms with Crippen molar-refractivity contribution in [3.8, 4) is 0 Å². The maximum atomic E-state index is 10.8. The van der Waals surface area contributed by atoms with E-state index < -0.39 is 11.5 Å². The second kappa shape index (κ2) is 2.38. The van der Waals surface area contributed by atoms with Crippen LogP contribution in [0.15, 0.2) is 0 Å². The van der Waals surface area contributed by atoms with E-state index >= 15 is 0 Å². The van der Waals surface area contributed by atoms with Gasteiger partial charge in [-0.25, -0.2) is 0 Å². The van der Waals surface area contributed by atoms with E-state index in [9.17, 15) is 4.79 Å². The summed E-state index contributed by atoms with van der Waals surface area (Å²) in [6.45, 7) is 0. The summed E-state index contributed by atoms with van der Waals surface area (Å²) >= 11 is 1.70. The molecule has 4 heteroatoms. The summed E-state index contributed by atoms with van der Waals surface area (Å²) in [6.07, 6.45) is 2.30. The Balaban J connectivity index is 1.97. The smallest absolute Gasteiger partial charge is 0.325 e. The van der Waals surface area contributed by atoms with Crippen molar-refractivity contribution < 1.29 is 9.90 Å². The first-order valence-electron chi connectivity index (χ1n) is 3.82. The predicted molar refractivity (Wildman–Crippen MR) is 43.8 cm³/mol. The first kappa shape index (κ1) is 7.43. The quantitative estimate of drug-likeness (QED) is 0.645. The van der Waals surface area contributed by atoms with Gasteiger partial charge in [0.1, 0.15) is 5.54 Å². The molecule has 0 aromatic rings. The van der Waals surface area contributed by atoms with Crippen molar-refractivity contribution in [3.05, 3.63) is 0 Å². The van der Waals surface area contributed by atoms with Crippen LogP contribution in [0.5, 0.6) is 0 Å². The molecule has 1 aliphatic heterocycles. The molecule has 2 rings (SSSR count). The zero-order valence-corrected chi connectivity index (χ0v) is 6.99. The summed E-state index contributed by atoms with van der Waals surface area (Å²) in [5, 5.41) is 12.1. The Morgan fingerprint density at radius 2 is 2.18 bits per heavy atom. The topological polar surface area (TPSA) is 49.3 Å². The minimum Gasteiger partial charge on any atom is -0.480 e. The summed E-state index contributed by atoms with van der Waals surface area (Å²) in [5.74, 6) is 0.792. The SMILES string of the molecule is O=C(O)C1(NC2CC2)CSC1. The molecule has 0 bridgehead atoms. The fraction of sp³-hybridized carbons (Fsp3) is 0.857. The van der Waals surface area contributed by atoms with Gasteiger partial charge in [0.05, 0.1) is 0 Å². The maximum Gasteiger partial charge on any atom is 0.325 e. The van der Waals surface area contributed by atoms with Crippen molar-refractivity contribution in [1.29, 1.82) is 0 Å². The van der Waals surface area contributed by atoms with E-state index in [4.69, 9.17) is 5.11 Å². The molecule has 1 saturated heterocycles. The number of thioether (sulfide) groups is 1. The normalized spacial score (nSPS) is 27.6. The number of carbonyl (C=O) groups is 1. The van der Waals surface area contributed by atoms with Crippen molar-refractivity contribution in [3.63, 3.8) is 0 Å². The fourth-order valence-electron chi connectivity index (χ4n) is 1.19. The summed E-state index contributed by atoms with van der Waals surface area (Å²) in [4.78, 5) is 10.8. The van der Waals surface area contributed by atoms with Crippen LogP contribution in [0, 0.1) is 0 Å². The number of carboxylic acids is 1. The lowest BCUT2D eigenvalue weighted by Crippen LogP contribution is -2.62. The lowest BCUT2D eigenvalue weighted by Gasteiger charge is -2.37. The molecule has 1 heterocycles. The lowest BCUT2D eigenvalue weighted by molar-refractivity contribution is -0.143. The van der Waals surface area contributed by atoms with Crippen LogP contribution >= 0.6 is 11.8 Å². The van der Waals surface area contributed by atoms with Crippen LogP contribution in [0.4, 0.5) is 0 Å². The van der Waals surface area contributed by atoms with Crippen LogP contribution in [0.1, 0.15) is 12.8 Å². The Labute approximate surface area is 69.5 Å². The van der Waals surface area contributed by atoms with Gasteiger partial charge in [0.2, 0.25) is 0 Å². The predicted octanol–water partition coefficient (Wildman–Crippen LogP) is 0.309. The van der Waals surface area contributed by atoms with E-state index in [-0.39, 0.29) is 0 Å². The highest BCUT2D eigenvalue weighted by Gasteiger charge is 2.48. The monoisotopic (exact) mass is 173 g/mol. The molecule has 0 aromatic heterocycles. The Kier molecular flexibility index (Phi) is 1.61. The molecule has 1 saturated carbocycles. The highest BCUT2D eigenvalue weighted by molar-refractivity contribution is 8.01. The molecule has 2 fully saturated rings. The van der Waals surface area contributed by atoms with E-state index in [1.807, 2.05) is 0 Å². The van der Waals surface area contributed by atoms with E-state index in [2.05, 4.69) is 5.32 Å². The standard InChI is InChI=1S/C7H11NO2S/c9-6(10)7(3-11-4-7)8-5-1-2-5/h5,8H,1-4H2,(H,9,10). The maximum absolute atomic E-state index is 10.8. The molecule has 0 amide bonds. The number of hydrogen-bond donors (Lipinski definition) is 2. The molecule has 2 N–H and O–H groups in total. The molecule has 0 atom stereocenters. The van der Waals surface area contributed by atoms with E-state index in [0.29, 0.717) is 6.04 Å². The highest BCUT2D eigenvalue weighted by Crippen LogP contribution is 2.33. The molecule has 0 aromatic carbocycles. The summed E-state index contributed by atoms with van der Waals surface area (Å²) in [7, 11) is 0. The lowest BCUT2D eigenvalue weighted by atomic mass is 10.0. The number of nitrogens with one attached hydrogen (secondary N) is 1. The molecule has 3 nitrogen and oxygen atoms in total. The van der Waals surface area contributed by atoms with Crippen LogP contribution in [-0.4, -0.2) is 34.2 Å². The van der Waals surface area contributed by atoms with Gasteiger partial charge in [-0.2, -0.15) is 11.8 Å². The summed E-state index contributed by atoms with van der Waals surface area (Å²) in [5.41, 5.74) is -0.564. The van der Waals surface area contributed by atoms with Gasteiger partial charge in [-0.3, -0.25) is 10.1 Å². The third-order valence-corrected chi connectivity index (χ3v) is 3.56. The van der Waals surface area contributed by atoms with Crippen LogP contribution in [-0.2, 0) is 4.79 Å². The summed E-state index contributed by atoms with van der Waals surface area (Å²) < 4.78 is 0. The first-order valence-corrected chi connectivity index (χ1v) is 4.97. The van der Waals surface area contributed by atoms with Crippen molar-refractivity contribution in [2.24, 2.45) is 0 Å². The van der Waals surface area contributed by atoms with Gasteiger partial charge < -0.3 is 5.11 Å². The van der Waals surface area contributed by atoms with Gasteiger partial charge in [-0.05, 0) is 12.8 Å². The van der Waals surface area contributed by atoms with E-state index in [1.165, 1.54) is 0 Å². The van der Waals surface area contributed by atoms with E-state index in [1.54, 1.807) is 11.8 Å². The number of rotatable bonds is 3.